The molecule has 9 heteroatoms. The summed E-state index contributed by atoms with van der Waals surface area (Å²) in [6.07, 6.45) is 5.80. The Morgan fingerprint density at radius 1 is 1.22 bits per heavy atom. The van der Waals surface area contributed by atoms with Crippen molar-refractivity contribution in [1.82, 2.24) is 14.8 Å². The maximum Gasteiger partial charge on any atom is 0.261 e. The van der Waals surface area contributed by atoms with Gasteiger partial charge in [0.15, 0.2) is 0 Å². The predicted octanol–water partition coefficient (Wildman–Crippen LogP) is 1.17. The van der Waals surface area contributed by atoms with Crippen molar-refractivity contribution in [1.29, 1.82) is 0 Å². The van der Waals surface area contributed by atoms with Gasteiger partial charge in [0.05, 0.1) is 11.4 Å². The molecule has 0 spiro atoms. The van der Waals surface area contributed by atoms with E-state index in [-0.39, 0.29) is 17.5 Å². The van der Waals surface area contributed by atoms with Crippen LogP contribution >= 0.6 is 0 Å². The van der Waals surface area contributed by atoms with E-state index < -0.39 is 34.4 Å². The molecular formula is C27H34N4O5. The third-order valence-electron chi connectivity index (χ3n) is 9.73. The van der Waals surface area contributed by atoms with Gasteiger partial charge in [-0.3, -0.25) is 14.4 Å². The first kappa shape index (κ1) is 23.5. The highest BCUT2D eigenvalue weighted by molar-refractivity contribution is 5.97. The summed E-state index contributed by atoms with van der Waals surface area (Å²) in [7, 11) is 2.05. The number of rotatable bonds is 2. The summed E-state index contributed by atoms with van der Waals surface area (Å²) in [5.41, 5.74) is 7.08. The number of hydrogen-bond acceptors (Lipinski definition) is 6. The maximum atomic E-state index is 13.3. The van der Waals surface area contributed by atoms with Crippen LogP contribution < -0.4 is 11.3 Å². The van der Waals surface area contributed by atoms with E-state index in [1.54, 1.807) is 6.07 Å². The van der Waals surface area contributed by atoms with E-state index in [1.807, 2.05) is 13.1 Å². The van der Waals surface area contributed by atoms with E-state index in [1.165, 1.54) is 10.5 Å². The molecule has 1 aromatic rings. The second-order valence-electron chi connectivity index (χ2n) is 11.6. The molecule has 36 heavy (non-hydrogen) atoms. The molecule has 2 fully saturated rings. The molecule has 9 nitrogen and oxygen atoms in total. The lowest BCUT2D eigenvalue weighted by Gasteiger charge is -2.64. The highest BCUT2D eigenvalue weighted by atomic mass is 16.3. The standard InChI is InChI=1S/C27H34N4O5/c1-14-8-16(32)10-19-17(14)11-22-27(36)12-15-9-18(25(35)31-6-3-4-21(31)23(28)33)24(34)29-20(15)13-26(19,27)5-7-30(22)2/h9-10,14,21-22,32,36H,3-8,11-13H2,1-2H3,(H2,28,33)(H,29,34)/t14?,21-,22+,26+,27+/m0/s1. The fraction of sp³-hybridized carbons (Fsp3) is 0.593. The van der Waals surface area contributed by atoms with Crippen LogP contribution in [-0.2, 0) is 17.6 Å². The van der Waals surface area contributed by atoms with Gasteiger partial charge in [-0.15, -0.1) is 0 Å². The van der Waals surface area contributed by atoms with E-state index in [0.29, 0.717) is 50.8 Å². The van der Waals surface area contributed by atoms with Gasteiger partial charge in [0, 0.05) is 43.0 Å². The van der Waals surface area contributed by atoms with Crippen LogP contribution in [0.2, 0.25) is 0 Å². The largest absolute Gasteiger partial charge is 0.512 e. The summed E-state index contributed by atoms with van der Waals surface area (Å²) in [6.45, 7) is 3.32. The van der Waals surface area contributed by atoms with E-state index in [4.69, 9.17) is 5.73 Å². The molecule has 192 valence electrons. The Morgan fingerprint density at radius 3 is 2.75 bits per heavy atom. The molecule has 1 aromatic heterocycles. The third kappa shape index (κ3) is 3.05. The van der Waals surface area contributed by atoms with Crippen molar-refractivity contribution in [3.05, 3.63) is 56.2 Å². The van der Waals surface area contributed by atoms with Gasteiger partial charge in [0.25, 0.3) is 11.5 Å². The van der Waals surface area contributed by atoms with Crippen LogP contribution in [0.15, 0.2) is 33.8 Å². The molecule has 6 rings (SSSR count). The monoisotopic (exact) mass is 494 g/mol. The summed E-state index contributed by atoms with van der Waals surface area (Å²) in [5, 5.41) is 23.0. The number of aliphatic hydroxyl groups excluding tert-OH is 1. The molecule has 0 saturated carbocycles. The van der Waals surface area contributed by atoms with Crippen molar-refractivity contribution in [3.63, 3.8) is 0 Å². The number of allylic oxidation sites excluding steroid dienone is 2. The number of hydrogen-bond donors (Lipinski definition) is 4. The summed E-state index contributed by atoms with van der Waals surface area (Å²) in [4.78, 5) is 44.9. The fourth-order valence-corrected chi connectivity index (χ4v) is 7.86. The Balaban J connectivity index is 1.46. The van der Waals surface area contributed by atoms with Crippen molar-refractivity contribution in [2.45, 2.75) is 69.6 Å². The van der Waals surface area contributed by atoms with Gasteiger partial charge >= 0.3 is 0 Å². The number of likely N-dealkylation sites (tertiary alicyclic amines) is 2. The zero-order chi connectivity index (χ0) is 25.6. The zero-order valence-electron chi connectivity index (χ0n) is 20.8. The van der Waals surface area contributed by atoms with Gasteiger partial charge in [-0.25, -0.2) is 0 Å². The van der Waals surface area contributed by atoms with E-state index in [0.717, 1.165) is 29.8 Å². The summed E-state index contributed by atoms with van der Waals surface area (Å²) in [6, 6.07) is 0.816. The van der Waals surface area contributed by atoms with Gasteiger partial charge in [0.1, 0.15) is 11.6 Å². The van der Waals surface area contributed by atoms with Crippen molar-refractivity contribution in [3.8, 4) is 0 Å². The Morgan fingerprint density at radius 2 is 2.00 bits per heavy atom. The minimum Gasteiger partial charge on any atom is -0.512 e. The highest BCUT2D eigenvalue weighted by Gasteiger charge is 2.65. The first-order chi connectivity index (χ1) is 17.1. The average Bonchev–Trinajstić information content (AvgIpc) is 3.30. The van der Waals surface area contributed by atoms with Crippen molar-refractivity contribution < 1.29 is 19.8 Å². The SMILES string of the molecule is CC1CC(O)=CC2=C1C[C@H]1N(C)CC[C@@]23Cc2[nH]c(=O)c(C(=O)N4CCC[C@H]4C(N)=O)cc2C[C@@]13O. The van der Waals surface area contributed by atoms with Gasteiger partial charge in [-0.2, -0.15) is 0 Å². The van der Waals surface area contributed by atoms with Crippen molar-refractivity contribution in [2.24, 2.45) is 17.1 Å². The van der Waals surface area contributed by atoms with E-state index >= 15 is 0 Å². The van der Waals surface area contributed by atoms with E-state index in [9.17, 15) is 24.6 Å². The van der Waals surface area contributed by atoms with Crippen molar-refractivity contribution >= 4 is 11.8 Å². The number of nitrogens with two attached hydrogens (primary N) is 1. The van der Waals surface area contributed by atoms with Crippen LogP contribution in [-0.4, -0.2) is 74.6 Å². The van der Waals surface area contributed by atoms with Crippen LogP contribution in [0.3, 0.4) is 0 Å². The highest BCUT2D eigenvalue weighted by Crippen LogP contribution is 2.61. The second kappa shape index (κ2) is 7.79. The number of carbonyl (C=O) groups excluding carboxylic acids is 2. The molecule has 2 bridgehead atoms. The molecule has 2 aliphatic heterocycles. The second-order valence-corrected chi connectivity index (χ2v) is 11.6. The number of fused-ring (bicyclic) bond motifs is 1. The number of aromatic nitrogens is 1. The lowest BCUT2D eigenvalue weighted by Crippen LogP contribution is -2.71. The smallest absolute Gasteiger partial charge is 0.261 e. The average molecular weight is 495 g/mol. The van der Waals surface area contributed by atoms with Crippen LogP contribution in [0.4, 0.5) is 0 Å². The van der Waals surface area contributed by atoms with Crippen LogP contribution in [0.5, 0.6) is 0 Å². The number of nitrogens with zero attached hydrogens (tertiary/aromatic N) is 2. The minimum absolute atomic E-state index is 0.0143. The molecule has 3 aliphatic carbocycles. The van der Waals surface area contributed by atoms with E-state index in [2.05, 4.69) is 16.8 Å². The first-order valence-corrected chi connectivity index (χ1v) is 13.0. The van der Waals surface area contributed by atoms with Gasteiger partial charge in [-0.05, 0) is 68.5 Å². The molecule has 2 saturated heterocycles. The molecule has 2 amide bonds. The Hall–Kier alpha value is -2.91. The number of H-pyrrole nitrogens is 1. The number of nitrogens with one attached hydrogen (secondary N) is 1. The molecule has 1 unspecified atom stereocenters. The topological polar surface area (TPSA) is 140 Å². The summed E-state index contributed by atoms with van der Waals surface area (Å²) < 4.78 is 0. The normalized spacial score (nSPS) is 35.6. The number of pyridine rings is 1. The molecule has 5 atom stereocenters. The molecular weight excluding hydrogens is 460 g/mol. The Bertz CT molecular complexity index is 1300. The molecule has 3 heterocycles. The van der Waals surface area contributed by atoms with Gasteiger partial charge in [0.2, 0.25) is 5.91 Å². The number of amides is 2. The molecule has 0 radical (unpaired) electrons. The lowest BCUT2D eigenvalue weighted by atomic mass is 9.48. The number of primary amides is 1. The number of carbonyl (C=O) groups is 2. The maximum absolute atomic E-state index is 13.3. The zero-order valence-corrected chi connectivity index (χ0v) is 20.8. The predicted molar refractivity (Wildman–Crippen MR) is 132 cm³/mol. The lowest BCUT2D eigenvalue weighted by molar-refractivity contribution is -0.165. The first-order valence-electron chi connectivity index (χ1n) is 13.0. The molecule has 0 aromatic carbocycles. The van der Waals surface area contributed by atoms with Gasteiger partial charge in [-0.1, -0.05) is 12.5 Å². The van der Waals surface area contributed by atoms with Crippen molar-refractivity contribution in [2.75, 3.05) is 20.1 Å². The number of aromatic amines is 1. The molecule has 5 N–H and O–H groups in total. The third-order valence-corrected chi connectivity index (χ3v) is 9.73. The van der Waals surface area contributed by atoms with Crippen LogP contribution in [0.25, 0.3) is 0 Å². The Labute approximate surface area is 209 Å². The number of aliphatic hydroxyl groups is 2. The summed E-state index contributed by atoms with van der Waals surface area (Å²) in [5.74, 6) is -0.524. The summed E-state index contributed by atoms with van der Waals surface area (Å²) >= 11 is 0. The van der Waals surface area contributed by atoms with Gasteiger partial charge < -0.3 is 30.7 Å². The fourth-order valence-electron chi connectivity index (χ4n) is 7.86. The quantitative estimate of drug-likeness (QED) is 0.487. The van der Waals surface area contributed by atoms with Crippen LogP contribution in [0, 0.1) is 11.3 Å². The Kier molecular flexibility index (Phi) is 5.08. The minimum atomic E-state index is -1.11. The number of piperidine rings is 1. The van der Waals surface area contributed by atoms with Crippen LogP contribution in [0.1, 0.15) is 60.6 Å². The molecule has 5 aliphatic rings. The number of likely N-dealkylation sites (N-methyl/N-ethyl adjacent to an activating group) is 1.